The number of carbonyl (C=O) groups excluding carboxylic acids is 1. The van der Waals surface area contributed by atoms with Gasteiger partial charge in [-0.1, -0.05) is 42.5 Å². The van der Waals surface area contributed by atoms with Crippen molar-refractivity contribution in [1.82, 2.24) is 0 Å². The third-order valence-electron chi connectivity index (χ3n) is 4.16. The highest BCUT2D eigenvalue weighted by molar-refractivity contribution is 6.05. The van der Waals surface area contributed by atoms with Gasteiger partial charge in [-0.05, 0) is 55.3 Å². The SMILES string of the molecule is Cc1ccc(NC(=O)c2ccccc2COc2ccccc2)cc1C. The first-order chi connectivity index (χ1) is 12.1. The van der Waals surface area contributed by atoms with Crippen LogP contribution in [0, 0.1) is 13.8 Å². The molecule has 0 aliphatic heterocycles. The first-order valence-corrected chi connectivity index (χ1v) is 8.28. The van der Waals surface area contributed by atoms with E-state index < -0.39 is 0 Å². The lowest BCUT2D eigenvalue weighted by molar-refractivity contribution is 0.102. The number of carbonyl (C=O) groups is 1. The van der Waals surface area contributed by atoms with Gasteiger partial charge >= 0.3 is 0 Å². The van der Waals surface area contributed by atoms with Crippen LogP contribution in [0.5, 0.6) is 5.75 Å². The quantitative estimate of drug-likeness (QED) is 0.703. The van der Waals surface area contributed by atoms with Crippen molar-refractivity contribution in [3.8, 4) is 5.75 Å². The Labute approximate surface area is 148 Å². The number of nitrogens with one attached hydrogen (secondary N) is 1. The molecule has 3 aromatic carbocycles. The zero-order valence-corrected chi connectivity index (χ0v) is 14.5. The van der Waals surface area contributed by atoms with E-state index in [1.165, 1.54) is 5.56 Å². The van der Waals surface area contributed by atoms with Gasteiger partial charge in [0.25, 0.3) is 5.91 Å². The van der Waals surface area contributed by atoms with Crippen molar-refractivity contribution < 1.29 is 9.53 Å². The van der Waals surface area contributed by atoms with Crippen molar-refractivity contribution >= 4 is 11.6 Å². The van der Waals surface area contributed by atoms with Crippen LogP contribution >= 0.6 is 0 Å². The minimum absolute atomic E-state index is 0.129. The van der Waals surface area contributed by atoms with Gasteiger partial charge in [0.15, 0.2) is 0 Å². The molecule has 0 aliphatic rings. The number of benzene rings is 3. The number of aryl methyl sites for hydroxylation is 2. The van der Waals surface area contributed by atoms with Gasteiger partial charge in [-0.25, -0.2) is 0 Å². The van der Waals surface area contributed by atoms with Crippen molar-refractivity contribution in [3.05, 3.63) is 95.1 Å². The molecular formula is C22H21NO2. The Hall–Kier alpha value is -3.07. The molecule has 0 atom stereocenters. The van der Waals surface area contributed by atoms with E-state index in [2.05, 4.69) is 12.2 Å². The van der Waals surface area contributed by atoms with E-state index in [-0.39, 0.29) is 5.91 Å². The molecule has 0 saturated carbocycles. The van der Waals surface area contributed by atoms with Crippen LogP contribution in [0.25, 0.3) is 0 Å². The van der Waals surface area contributed by atoms with Gasteiger partial charge < -0.3 is 10.1 Å². The Bertz CT molecular complexity index is 872. The summed E-state index contributed by atoms with van der Waals surface area (Å²) in [5, 5.41) is 2.97. The first-order valence-electron chi connectivity index (χ1n) is 8.28. The van der Waals surface area contributed by atoms with Crippen LogP contribution in [-0.4, -0.2) is 5.91 Å². The lowest BCUT2D eigenvalue weighted by Crippen LogP contribution is -2.15. The number of rotatable bonds is 5. The summed E-state index contributed by atoms with van der Waals surface area (Å²) in [7, 11) is 0. The smallest absolute Gasteiger partial charge is 0.256 e. The summed E-state index contributed by atoms with van der Waals surface area (Å²) in [6.07, 6.45) is 0. The molecule has 3 rings (SSSR count). The topological polar surface area (TPSA) is 38.3 Å². The highest BCUT2D eigenvalue weighted by Gasteiger charge is 2.12. The molecule has 0 spiro atoms. The molecule has 0 aromatic heterocycles. The Morgan fingerprint density at radius 3 is 2.36 bits per heavy atom. The van der Waals surface area contributed by atoms with Crippen LogP contribution in [0.4, 0.5) is 5.69 Å². The van der Waals surface area contributed by atoms with Gasteiger partial charge in [-0.2, -0.15) is 0 Å². The summed E-state index contributed by atoms with van der Waals surface area (Å²) in [6, 6.07) is 23.0. The van der Waals surface area contributed by atoms with E-state index in [1.807, 2.05) is 79.7 Å². The van der Waals surface area contributed by atoms with Crippen LogP contribution < -0.4 is 10.1 Å². The molecule has 3 nitrogen and oxygen atoms in total. The zero-order valence-electron chi connectivity index (χ0n) is 14.5. The summed E-state index contributed by atoms with van der Waals surface area (Å²) >= 11 is 0. The number of para-hydroxylation sites is 1. The number of amides is 1. The zero-order chi connectivity index (χ0) is 17.6. The highest BCUT2D eigenvalue weighted by Crippen LogP contribution is 2.18. The van der Waals surface area contributed by atoms with Crippen LogP contribution in [0.1, 0.15) is 27.0 Å². The number of ether oxygens (including phenoxy) is 1. The molecule has 3 aromatic rings. The second-order valence-electron chi connectivity index (χ2n) is 6.01. The Morgan fingerprint density at radius 1 is 0.880 bits per heavy atom. The second kappa shape index (κ2) is 7.67. The second-order valence-corrected chi connectivity index (χ2v) is 6.01. The molecule has 3 heteroatoms. The number of hydrogen-bond acceptors (Lipinski definition) is 2. The molecule has 126 valence electrons. The summed E-state index contributed by atoms with van der Waals surface area (Å²) in [5.74, 6) is 0.655. The number of hydrogen-bond donors (Lipinski definition) is 1. The van der Waals surface area contributed by atoms with E-state index >= 15 is 0 Å². The normalized spacial score (nSPS) is 10.3. The van der Waals surface area contributed by atoms with Gasteiger partial charge in [0.05, 0.1) is 0 Å². The maximum atomic E-state index is 12.7. The fourth-order valence-corrected chi connectivity index (χ4v) is 2.56. The molecule has 0 saturated heterocycles. The van der Waals surface area contributed by atoms with Crippen LogP contribution in [0.3, 0.4) is 0 Å². The summed E-state index contributed by atoms with van der Waals surface area (Å²) in [4.78, 5) is 12.7. The van der Waals surface area contributed by atoms with Gasteiger partial charge in [0.1, 0.15) is 12.4 Å². The molecule has 0 aliphatic carbocycles. The predicted molar refractivity (Wildman–Crippen MR) is 101 cm³/mol. The fraction of sp³-hybridized carbons (Fsp3) is 0.136. The predicted octanol–water partition coefficient (Wildman–Crippen LogP) is 5.13. The third-order valence-corrected chi connectivity index (χ3v) is 4.16. The minimum Gasteiger partial charge on any atom is -0.489 e. The van der Waals surface area contributed by atoms with Crippen molar-refractivity contribution in [1.29, 1.82) is 0 Å². The Morgan fingerprint density at radius 2 is 1.60 bits per heavy atom. The molecule has 0 fully saturated rings. The fourth-order valence-electron chi connectivity index (χ4n) is 2.56. The average Bonchev–Trinajstić information content (AvgIpc) is 2.64. The number of anilines is 1. The minimum atomic E-state index is -0.129. The summed E-state index contributed by atoms with van der Waals surface area (Å²) in [5.41, 5.74) is 4.63. The molecule has 0 bridgehead atoms. The molecular weight excluding hydrogens is 310 g/mol. The molecule has 0 heterocycles. The summed E-state index contributed by atoms with van der Waals surface area (Å²) in [6.45, 7) is 4.43. The lowest BCUT2D eigenvalue weighted by Gasteiger charge is -2.12. The van der Waals surface area contributed by atoms with E-state index in [4.69, 9.17) is 4.74 Å². The van der Waals surface area contributed by atoms with Gasteiger partial charge in [-0.15, -0.1) is 0 Å². The molecule has 0 radical (unpaired) electrons. The lowest BCUT2D eigenvalue weighted by atomic mass is 10.1. The van der Waals surface area contributed by atoms with Crippen molar-refractivity contribution in [2.45, 2.75) is 20.5 Å². The Kier molecular flexibility index (Phi) is 5.14. The maximum Gasteiger partial charge on any atom is 0.256 e. The van der Waals surface area contributed by atoms with E-state index in [0.29, 0.717) is 12.2 Å². The average molecular weight is 331 g/mol. The van der Waals surface area contributed by atoms with Gasteiger partial charge in [-0.3, -0.25) is 4.79 Å². The highest BCUT2D eigenvalue weighted by atomic mass is 16.5. The molecule has 25 heavy (non-hydrogen) atoms. The standard InChI is InChI=1S/C22H21NO2/c1-16-12-13-19(14-17(16)2)23-22(24)21-11-7-6-8-18(21)15-25-20-9-4-3-5-10-20/h3-14H,15H2,1-2H3,(H,23,24). The third kappa shape index (κ3) is 4.27. The van der Waals surface area contributed by atoms with E-state index in [0.717, 1.165) is 22.6 Å². The van der Waals surface area contributed by atoms with Crippen LogP contribution in [0.15, 0.2) is 72.8 Å². The first kappa shape index (κ1) is 16.8. The van der Waals surface area contributed by atoms with Crippen molar-refractivity contribution in [2.75, 3.05) is 5.32 Å². The van der Waals surface area contributed by atoms with Crippen LogP contribution in [-0.2, 0) is 6.61 Å². The van der Waals surface area contributed by atoms with E-state index in [1.54, 1.807) is 0 Å². The molecule has 1 amide bonds. The molecule has 0 unspecified atom stereocenters. The van der Waals surface area contributed by atoms with Crippen molar-refractivity contribution in [3.63, 3.8) is 0 Å². The van der Waals surface area contributed by atoms with Crippen LogP contribution in [0.2, 0.25) is 0 Å². The largest absolute Gasteiger partial charge is 0.489 e. The summed E-state index contributed by atoms with van der Waals surface area (Å²) < 4.78 is 5.79. The van der Waals surface area contributed by atoms with E-state index in [9.17, 15) is 4.79 Å². The molecule has 1 N–H and O–H groups in total. The Balaban J connectivity index is 1.75. The van der Waals surface area contributed by atoms with Crippen molar-refractivity contribution in [2.24, 2.45) is 0 Å². The monoisotopic (exact) mass is 331 g/mol. The van der Waals surface area contributed by atoms with Gasteiger partial charge in [0.2, 0.25) is 0 Å². The maximum absolute atomic E-state index is 12.7. The van der Waals surface area contributed by atoms with Gasteiger partial charge in [0, 0.05) is 16.8 Å².